The van der Waals surface area contributed by atoms with Gasteiger partial charge in [0.05, 0.1) is 27.9 Å². The molecule has 3 heterocycles. The van der Waals surface area contributed by atoms with Crippen molar-refractivity contribution >= 4 is 34.4 Å². The number of benzene rings is 1. The van der Waals surface area contributed by atoms with E-state index in [4.69, 9.17) is 11.6 Å². The van der Waals surface area contributed by atoms with Gasteiger partial charge in [0.1, 0.15) is 22.5 Å². The van der Waals surface area contributed by atoms with Crippen LogP contribution in [-0.4, -0.2) is 45.7 Å². The predicted molar refractivity (Wildman–Crippen MR) is 156 cm³/mol. The molecule has 7 nitrogen and oxygen atoms in total. The summed E-state index contributed by atoms with van der Waals surface area (Å²) in [5.41, 5.74) is 3.10. The van der Waals surface area contributed by atoms with Crippen LogP contribution >= 0.6 is 11.6 Å². The van der Waals surface area contributed by atoms with Crippen molar-refractivity contribution < 1.29 is 13.4 Å². The van der Waals surface area contributed by atoms with Crippen molar-refractivity contribution in [3.63, 3.8) is 0 Å². The molecule has 0 radical (unpaired) electrons. The number of hydrogen-bond donors (Lipinski definition) is 0. The Hall–Kier alpha value is -3.40. The maximum Gasteiger partial charge on any atom is 0.191 e. The minimum absolute atomic E-state index is 0.0440. The Morgan fingerprint density at radius 1 is 1.15 bits per heavy atom. The molecule has 0 N–H and O–H groups in total. The van der Waals surface area contributed by atoms with Gasteiger partial charge in [-0.05, 0) is 92.6 Å². The number of halogens is 2. The molecule has 3 aliphatic carbocycles. The van der Waals surface area contributed by atoms with Crippen LogP contribution in [0.25, 0.3) is 11.8 Å². The van der Waals surface area contributed by atoms with E-state index in [1.54, 1.807) is 41.3 Å². The molecule has 3 atom stereocenters. The molecule has 2 fully saturated rings. The lowest BCUT2D eigenvalue weighted by atomic mass is 9.60. The fraction of sp³-hybridized carbons (Fsp3) is 0.323. The van der Waals surface area contributed by atoms with Crippen molar-refractivity contribution in [1.82, 2.24) is 23.6 Å². The minimum atomic E-state index is -1.33. The summed E-state index contributed by atoms with van der Waals surface area (Å²) in [6.07, 6.45) is 13.7. The molecule has 3 aliphatic rings. The van der Waals surface area contributed by atoms with Crippen LogP contribution < -0.4 is 0 Å². The van der Waals surface area contributed by atoms with E-state index in [0.717, 1.165) is 46.7 Å². The number of rotatable bonds is 7. The van der Waals surface area contributed by atoms with Gasteiger partial charge in [-0.15, -0.1) is 0 Å². The number of allylic oxidation sites excluding steroid dienone is 1. The lowest BCUT2D eigenvalue weighted by Crippen LogP contribution is -2.50. The largest absolute Gasteiger partial charge is 0.356 e. The van der Waals surface area contributed by atoms with E-state index in [2.05, 4.69) is 20.5 Å². The van der Waals surface area contributed by atoms with Crippen LogP contribution in [0.4, 0.5) is 4.39 Å². The van der Waals surface area contributed by atoms with Crippen molar-refractivity contribution in [1.29, 1.82) is 0 Å². The molecule has 3 aromatic heterocycles. The van der Waals surface area contributed by atoms with E-state index < -0.39 is 16.4 Å². The fourth-order valence-corrected chi connectivity index (χ4v) is 8.23. The summed E-state index contributed by atoms with van der Waals surface area (Å²) in [5, 5.41) is 5.10. The molecule has 0 amide bonds. The van der Waals surface area contributed by atoms with Gasteiger partial charge in [0.15, 0.2) is 5.78 Å². The first-order valence-corrected chi connectivity index (χ1v) is 15.3. The van der Waals surface area contributed by atoms with Crippen LogP contribution in [0.3, 0.4) is 0 Å². The highest BCUT2D eigenvalue weighted by Gasteiger charge is 2.52. The average Bonchev–Trinajstić information content (AvgIpc) is 3.57. The van der Waals surface area contributed by atoms with Crippen LogP contribution in [0.15, 0.2) is 77.7 Å². The number of pyridine rings is 1. The zero-order valence-corrected chi connectivity index (χ0v) is 24.1. The van der Waals surface area contributed by atoms with E-state index >= 15 is 0 Å². The molecule has 0 bridgehead atoms. The number of Topliss-reactive ketones (excluding diaryl/α,β-unsaturated/α-hetero) is 1. The molecule has 0 aliphatic heterocycles. The summed E-state index contributed by atoms with van der Waals surface area (Å²) in [6.45, 7) is 0. The maximum atomic E-state index is 14.5. The van der Waals surface area contributed by atoms with E-state index in [9.17, 15) is 13.4 Å². The van der Waals surface area contributed by atoms with Crippen LogP contribution in [0.2, 0.25) is 5.02 Å². The lowest BCUT2D eigenvalue weighted by molar-refractivity contribution is 0.0737. The Morgan fingerprint density at radius 3 is 2.66 bits per heavy atom. The monoisotopic (exact) mass is 589 g/mol. The van der Waals surface area contributed by atoms with Crippen molar-refractivity contribution in [2.45, 2.75) is 55.5 Å². The van der Waals surface area contributed by atoms with E-state index in [0.29, 0.717) is 30.0 Å². The van der Waals surface area contributed by atoms with Crippen molar-refractivity contribution in [2.24, 2.45) is 12.5 Å². The van der Waals surface area contributed by atoms with Crippen molar-refractivity contribution in [2.75, 3.05) is 0 Å². The molecule has 4 aromatic rings. The van der Waals surface area contributed by atoms with Gasteiger partial charge in [-0.3, -0.25) is 9.78 Å². The van der Waals surface area contributed by atoms with Gasteiger partial charge < -0.3 is 4.57 Å². The smallest absolute Gasteiger partial charge is 0.191 e. The Morgan fingerprint density at radius 2 is 1.95 bits per heavy atom. The summed E-state index contributed by atoms with van der Waals surface area (Å²) < 4.78 is 33.4. The summed E-state index contributed by atoms with van der Waals surface area (Å²) >= 11 is 6.31. The number of carbonyl (C=O) groups excluding carboxylic acids is 1. The third kappa shape index (κ3) is 4.70. The predicted octanol–water partition coefficient (Wildman–Crippen LogP) is 5.95. The number of ketones is 1. The molecular formula is C31H29ClFN5O2S. The first-order valence-electron chi connectivity index (χ1n) is 13.8. The number of aromatic nitrogens is 4. The Balaban J connectivity index is 1.30. The topological polar surface area (TPSA) is 73.0 Å². The molecule has 10 heteroatoms. The third-order valence-corrected chi connectivity index (χ3v) is 10.4. The fourth-order valence-electron chi connectivity index (χ4n) is 6.46. The molecular weight excluding hydrogens is 561 g/mol. The highest BCUT2D eigenvalue weighted by atomic mass is 35.5. The molecule has 0 spiro atoms. The van der Waals surface area contributed by atoms with Crippen molar-refractivity contribution in [3.8, 4) is 5.69 Å². The minimum Gasteiger partial charge on any atom is -0.356 e. The van der Waals surface area contributed by atoms with Gasteiger partial charge in [0, 0.05) is 42.7 Å². The van der Waals surface area contributed by atoms with Gasteiger partial charge in [-0.2, -0.15) is 5.10 Å². The number of aryl methyl sites for hydroxylation is 1. The number of carbonyl (C=O) groups is 1. The molecule has 3 unspecified atom stereocenters. The number of fused-ring (bicyclic) bond motifs is 2. The van der Waals surface area contributed by atoms with Crippen LogP contribution in [-0.2, 0) is 24.5 Å². The first kappa shape index (κ1) is 26.5. The Labute approximate surface area is 245 Å². The van der Waals surface area contributed by atoms with E-state index in [1.807, 2.05) is 30.1 Å². The molecule has 0 saturated heterocycles. The SMILES string of the molecule is Cn1ccc(S(=O)N(C2CC2)C2CCC3=Cc4c(cnn4-c4ccc(F)cc4)CC3(C(=O)c3cc(Cl)ccn3)C2)c1. The standard InChI is InChI=1S/C31H29ClFN5O2S/c1-36-13-11-27(19-36)41(40)38(25-8-9-25)26-5-2-21-14-29-20(18-35-37(29)24-6-3-23(33)4-7-24)16-31(21,17-26)30(39)28-15-22(32)10-12-34-28/h3-4,6-7,10-15,18-19,25-26H,2,5,8-9,16-17H2,1H3. The molecule has 210 valence electrons. The number of nitrogens with zero attached hydrogens (tertiary/aromatic N) is 5. The van der Waals surface area contributed by atoms with Gasteiger partial charge in [0.25, 0.3) is 0 Å². The summed E-state index contributed by atoms with van der Waals surface area (Å²) in [5.74, 6) is -0.379. The zero-order valence-electron chi connectivity index (χ0n) is 22.5. The highest BCUT2D eigenvalue weighted by Crippen LogP contribution is 2.52. The third-order valence-electron chi connectivity index (χ3n) is 8.56. The first-order chi connectivity index (χ1) is 19.8. The van der Waals surface area contributed by atoms with Crippen LogP contribution in [0.5, 0.6) is 0 Å². The second-order valence-corrected chi connectivity index (χ2v) is 13.1. The summed E-state index contributed by atoms with van der Waals surface area (Å²) in [4.78, 5) is 19.7. The summed E-state index contributed by atoms with van der Waals surface area (Å²) in [6, 6.07) is 11.7. The second-order valence-electron chi connectivity index (χ2n) is 11.3. The van der Waals surface area contributed by atoms with E-state index in [1.165, 1.54) is 12.1 Å². The maximum absolute atomic E-state index is 14.5. The Bertz CT molecular complexity index is 1710. The van der Waals surface area contributed by atoms with Crippen molar-refractivity contribution in [3.05, 3.63) is 101 Å². The summed E-state index contributed by atoms with van der Waals surface area (Å²) in [7, 11) is 0.601. The van der Waals surface area contributed by atoms with E-state index in [-0.39, 0.29) is 23.7 Å². The average molecular weight is 590 g/mol. The Kier molecular flexibility index (Phi) is 6.56. The molecule has 7 rings (SSSR count). The van der Waals surface area contributed by atoms with Gasteiger partial charge in [0.2, 0.25) is 0 Å². The van der Waals surface area contributed by atoms with Crippen LogP contribution in [0, 0.1) is 11.2 Å². The van der Waals surface area contributed by atoms with Gasteiger partial charge in [-0.1, -0.05) is 17.2 Å². The normalized spacial score (nSPS) is 22.6. The van der Waals surface area contributed by atoms with Gasteiger partial charge in [-0.25, -0.2) is 17.6 Å². The highest BCUT2D eigenvalue weighted by molar-refractivity contribution is 7.82. The molecule has 41 heavy (non-hydrogen) atoms. The van der Waals surface area contributed by atoms with Crippen LogP contribution in [0.1, 0.15) is 53.8 Å². The van der Waals surface area contributed by atoms with Gasteiger partial charge >= 0.3 is 0 Å². The molecule has 2 saturated carbocycles. The zero-order chi connectivity index (χ0) is 28.3. The number of hydrogen-bond acceptors (Lipinski definition) is 4. The second kappa shape index (κ2) is 10.2. The quantitative estimate of drug-likeness (QED) is 0.250. The molecule has 1 aromatic carbocycles. The lowest BCUT2D eigenvalue weighted by Gasteiger charge is -2.46.